The fourth-order valence-corrected chi connectivity index (χ4v) is 3.62. The molecule has 3 N–H and O–H groups in total. The Bertz CT molecular complexity index is 1460. The molecule has 176 valence electrons. The van der Waals surface area contributed by atoms with Crippen LogP contribution in [-0.2, 0) is 16.8 Å². The Morgan fingerprint density at radius 2 is 1.89 bits per heavy atom. The van der Waals surface area contributed by atoms with E-state index < -0.39 is 17.2 Å². The molecule has 0 saturated heterocycles. The van der Waals surface area contributed by atoms with Crippen molar-refractivity contribution < 1.29 is 14.3 Å². The van der Waals surface area contributed by atoms with Gasteiger partial charge in [-0.05, 0) is 30.3 Å². The maximum Gasteiger partial charge on any atom is 0.304 e. The van der Waals surface area contributed by atoms with Crippen molar-refractivity contribution in [3.63, 3.8) is 0 Å². The van der Waals surface area contributed by atoms with Crippen molar-refractivity contribution in [2.24, 2.45) is 0 Å². The first-order valence-electron chi connectivity index (χ1n) is 10.6. The molecule has 0 radical (unpaired) electrons. The molecule has 3 heterocycles. The number of carboxylic acid groups (broad SMARTS) is 1. The van der Waals surface area contributed by atoms with Crippen LogP contribution in [0.2, 0.25) is 0 Å². The number of aromatic nitrogens is 6. The molecule has 4 rings (SSSR count). The summed E-state index contributed by atoms with van der Waals surface area (Å²) in [6, 6.07) is 13.2. The molecule has 0 atom stereocenters. The lowest BCUT2D eigenvalue weighted by Crippen LogP contribution is -2.23. The second kappa shape index (κ2) is 9.26. The molecule has 0 aliphatic carbocycles. The molecule has 0 fully saturated rings. The van der Waals surface area contributed by atoms with Gasteiger partial charge in [-0.1, -0.05) is 31.2 Å². The summed E-state index contributed by atoms with van der Waals surface area (Å²) < 4.78 is 16.2. The van der Waals surface area contributed by atoms with E-state index >= 15 is 0 Å². The Kier molecular flexibility index (Phi) is 6.20. The van der Waals surface area contributed by atoms with Crippen LogP contribution in [0.25, 0.3) is 22.6 Å². The van der Waals surface area contributed by atoms with Crippen LogP contribution in [0.4, 0.5) is 10.3 Å². The summed E-state index contributed by atoms with van der Waals surface area (Å²) in [5, 5.41) is 26.5. The molecule has 0 amide bonds. The van der Waals surface area contributed by atoms with E-state index in [0.717, 1.165) is 0 Å². The molecule has 4 aromatic rings. The first-order chi connectivity index (χ1) is 16.7. The van der Waals surface area contributed by atoms with Gasteiger partial charge in [0, 0.05) is 16.7 Å². The lowest BCUT2D eigenvalue weighted by atomic mass is 9.85. The molecular weight excluding hydrogens is 451 g/mol. The van der Waals surface area contributed by atoms with Gasteiger partial charge in [0.15, 0.2) is 0 Å². The predicted molar refractivity (Wildman–Crippen MR) is 124 cm³/mol. The fourth-order valence-electron chi connectivity index (χ4n) is 3.62. The highest BCUT2D eigenvalue weighted by Gasteiger charge is 2.26. The number of nitrogens with two attached hydrogens (primary N) is 1. The number of benzene rings is 1. The van der Waals surface area contributed by atoms with Gasteiger partial charge >= 0.3 is 5.97 Å². The van der Waals surface area contributed by atoms with Crippen molar-refractivity contribution in [2.45, 2.75) is 32.2 Å². The number of hydrogen-bond donors (Lipinski definition) is 2. The van der Waals surface area contributed by atoms with Gasteiger partial charge in [-0.25, -0.2) is 19.0 Å². The quantitative estimate of drug-likeness (QED) is 0.412. The average Bonchev–Trinajstić information content (AvgIpc) is 3.27. The number of anilines is 1. The highest BCUT2D eigenvalue weighted by molar-refractivity contribution is 5.69. The Balaban J connectivity index is 1.61. The summed E-state index contributed by atoms with van der Waals surface area (Å²) >= 11 is 0. The smallest absolute Gasteiger partial charge is 0.304 e. The van der Waals surface area contributed by atoms with Crippen molar-refractivity contribution in [1.82, 2.24) is 29.9 Å². The van der Waals surface area contributed by atoms with Crippen LogP contribution in [-0.4, -0.2) is 41.0 Å². The Hall–Kier alpha value is -4.72. The topological polar surface area (TPSA) is 156 Å². The van der Waals surface area contributed by atoms with Crippen LogP contribution in [0.5, 0.6) is 0 Å². The monoisotopic (exact) mass is 472 g/mol. The third-order valence-corrected chi connectivity index (χ3v) is 5.36. The predicted octanol–water partition coefficient (Wildman–Crippen LogP) is 3.19. The van der Waals surface area contributed by atoms with Crippen molar-refractivity contribution in [1.29, 1.82) is 5.26 Å². The molecule has 0 aliphatic heterocycles. The largest absolute Gasteiger partial charge is 0.481 e. The summed E-state index contributed by atoms with van der Waals surface area (Å²) in [5.74, 6) is -1.67. The first kappa shape index (κ1) is 23.4. The van der Waals surface area contributed by atoms with Gasteiger partial charge in [0.25, 0.3) is 0 Å². The molecule has 0 saturated carbocycles. The maximum absolute atomic E-state index is 14.7. The van der Waals surface area contributed by atoms with Crippen LogP contribution in [0.15, 0.2) is 48.7 Å². The zero-order chi connectivity index (χ0) is 25.2. The van der Waals surface area contributed by atoms with E-state index in [4.69, 9.17) is 11.0 Å². The zero-order valence-corrected chi connectivity index (χ0v) is 19.0. The van der Waals surface area contributed by atoms with Gasteiger partial charge in [0.05, 0.1) is 41.8 Å². The van der Waals surface area contributed by atoms with E-state index in [1.807, 2.05) is 26.0 Å². The third-order valence-electron chi connectivity index (χ3n) is 5.36. The molecule has 3 aromatic heterocycles. The van der Waals surface area contributed by atoms with Gasteiger partial charge in [-0.2, -0.15) is 5.26 Å². The Labute approximate surface area is 199 Å². The Morgan fingerprint density at radius 3 is 2.63 bits per heavy atom. The summed E-state index contributed by atoms with van der Waals surface area (Å²) in [4.78, 5) is 24.1. The molecule has 0 aliphatic rings. The van der Waals surface area contributed by atoms with E-state index in [-0.39, 0.29) is 35.7 Å². The lowest BCUT2D eigenvalue weighted by Gasteiger charge is -2.22. The molecule has 0 bridgehead atoms. The number of pyridine rings is 1. The third kappa shape index (κ3) is 5.11. The Morgan fingerprint density at radius 1 is 1.14 bits per heavy atom. The number of halogens is 1. The number of nitrogen functional groups attached to an aromatic ring is 1. The minimum Gasteiger partial charge on any atom is -0.481 e. The molecule has 1 aromatic carbocycles. The van der Waals surface area contributed by atoms with Gasteiger partial charge in [-0.3, -0.25) is 9.78 Å². The molecular formula is C24H21FN8O2. The molecule has 11 heteroatoms. The number of aliphatic carboxylic acids is 1. The standard InChI is InChI=1S/C24H21FN8O2/c1-24(2,10-21(34)35)20-8-4-6-15(28-20)12-33-13-19(31-32-33)18-9-17(29-23(27)30-18)16-7-3-5-14(11-26)22(16)25/h3-9,13H,10,12H2,1-2H3,(H,34,35)(H2,27,29,30). The SMILES string of the molecule is CC(C)(CC(=O)O)c1cccc(Cn2cc(-c3cc(-c4cccc(C#N)c4F)nc(N)n3)nn2)n1. The minimum absolute atomic E-state index is 0.0493. The van der Waals surface area contributed by atoms with Crippen LogP contribution >= 0.6 is 0 Å². The van der Waals surface area contributed by atoms with Crippen molar-refractivity contribution >= 4 is 11.9 Å². The number of carboxylic acids is 1. The van der Waals surface area contributed by atoms with Crippen LogP contribution in [0.1, 0.15) is 37.2 Å². The zero-order valence-electron chi connectivity index (χ0n) is 19.0. The second-order valence-electron chi connectivity index (χ2n) is 8.55. The fraction of sp³-hybridized carbons (Fsp3) is 0.208. The van der Waals surface area contributed by atoms with Gasteiger partial charge < -0.3 is 10.8 Å². The number of carbonyl (C=O) groups is 1. The minimum atomic E-state index is -0.897. The highest BCUT2D eigenvalue weighted by Crippen LogP contribution is 2.28. The number of nitrogens with zero attached hydrogens (tertiary/aromatic N) is 7. The van der Waals surface area contributed by atoms with E-state index in [2.05, 4.69) is 25.3 Å². The average molecular weight is 472 g/mol. The van der Waals surface area contributed by atoms with Gasteiger partial charge in [0.1, 0.15) is 17.6 Å². The number of rotatable bonds is 7. The summed E-state index contributed by atoms with van der Waals surface area (Å²) in [6.07, 6.45) is 1.59. The number of hydrogen-bond acceptors (Lipinski definition) is 8. The van der Waals surface area contributed by atoms with Crippen molar-refractivity contribution in [3.8, 4) is 28.7 Å². The lowest BCUT2D eigenvalue weighted by molar-refractivity contribution is -0.138. The van der Waals surface area contributed by atoms with E-state index in [9.17, 15) is 14.3 Å². The first-order valence-corrected chi connectivity index (χ1v) is 10.6. The van der Waals surface area contributed by atoms with E-state index in [1.165, 1.54) is 18.2 Å². The van der Waals surface area contributed by atoms with Crippen molar-refractivity contribution in [2.75, 3.05) is 5.73 Å². The molecule has 35 heavy (non-hydrogen) atoms. The van der Waals surface area contributed by atoms with Gasteiger partial charge in [0.2, 0.25) is 5.95 Å². The maximum atomic E-state index is 14.7. The highest BCUT2D eigenvalue weighted by atomic mass is 19.1. The summed E-state index contributed by atoms with van der Waals surface area (Å²) in [5.41, 5.74) is 7.52. The van der Waals surface area contributed by atoms with Crippen molar-refractivity contribution in [3.05, 3.63) is 71.4 Å². The van der Waals surface area contributed by atoms with Crippen LogP contribution in [0.3, 0.4) is 0 Å². The summed E-state index contributed by atoms with van der Waals surface area (Å²) in [7, 11) is 0. The van der Waals surface area contributed by atoms with E-state index in [1.54, 1.807) is 29.1 Å². The van der Waals surface area contributed by atoms with E-state index in [0.29, 0.717) is 22.8 Å². The second-order valence-corrected chi connectivity index (χ2v) is 8.55. The van der Waals surface area contributed by atoms with Crippen LogP contribution < -0.4 is 5.73 Å². The molecule has 0 spiro atoms. The molecule has 0 unspecified atom stereocenters. The normalized spacial score (nSPS) is 11.3. The number of nitriles is 1. The van der Waals surface area contributed by atoms with Gasteiger partial charge in [-0.15, -0.1) is 5.10 Å². The van der Waals surface area contributed by atoms with Crippen LogP contribution in [0, 0.1) is 17.1 Å². The summed E-state index contributed by atoms with van der Waals surface area (Å²) in [6.45, 7) is 3.94. The molecule has 10 nitrogen and oxygen atoms in total.